The minimum absolute atomic E-state index is 0.0834. The molecule has 4 rings (SSSR count). The van der Waals surface area contributed by atoms with E-state index in [-0.39, 0.29) is 37.6 Å². The smallest absolute Gasteiger partial charge is 0.242 e. The largest absolute Gasteiger partial charge is 0.391 e. The fourth-order valence-corrected chi connectivity index (χ4v) is 3.91. The van der Waals surface area contributed by atoms with E-state index in [9.17, 15) is 8.78 Å². The molecule has 27 heavy (non-hydrogen) atoms. The number of hydrogen-bond donors (Lipinski definition) is 2. The van der Waals surface area contributed by atoms with E-state index >= 15 is 0 Å². The number of nitrogens with zero attached hydrogens (tertiary/aromatic N) is 5. The zero-order valence-corrected chi connectivity index (χ0v) is 15.0. The molecular formula is C17H16F2N6OS. The van der Waals surface area contributed by atoms with Crippen LogP contribution in [0, 0.1) is 5.82 Å². The SMILES string of the molecule is OCc1cnc(-c2cnc(NC[C@]3(c4ncccc4F)C[C@H](F)C3)nn2)s1. The van der Waals surface area contributed by atoms with Gasteiger partial charge in [-0.3, -0.25) is 4.98 Å². The molecule has 0 radical (unpaired) electrons. The van der Waals surface area contributed by atoms with Gasteiger partial charge in [0.25, 0.3) is 0 Å². The van der Waals surface area contributed by atoms with Crippen molar-refractivity contribution in [3.05, 3.63) is 47.1 Å². The molecule has 0 spiro atoms. The van der Waals surface area contributed by atoms with Gasteiger partial charge < -0.3 is 10.4 Å². The highest BCUT2D eigenvalue weighted by molar-refractivity contribution is 7.14. The molecule has 1 saturated carbocycles. The lowest BCUT2D eigenvalue weighted by atomic mass is 9.65. The van der Waals surface area contributed by atoms with Crippen LogP contribution >= 0.6 is 11.3 Å². The van der Waals surface area contributed by atoms with E-state index in [1.54, 1.807) is 6.20 Å². The molecule has 0 aliphatic heterocycles. The third-order valence-corrected chi connectivity index (χ3v) is 5.56. The van der Waals surface area contributed by atoms with E-state index < -0.39 is 17.4 Å². The van der Waals surface area contributed by atoms with Crippen molar-refractivity contribution in [2.45, 2.75) is 31.0 Å². The van der Waals surface area contributed by atoms with Crippen LogP contribution in [-0.4, -0.2) is 43.0 Å². The maximum absolute atomic E-state index is 14.2. The number of alkyl halides is 1. The van der Waals surface area contributed by atoms with Crippen molar-refractivity contribution in [3.63, 3.8) is 0 Å². The number of thiazole rings is 1. The van der Waals surface area contributed by atoms with Gasteiger partial charge in [-0.15, -0.1) is 21.5 Å². The zero-order valence-electron chi connectivity index (χ0n) is 14.1. The van der Waals surface area contributed by atoms with Crippen molar-refractivity contribution < 1.29 is 13.9 Å². The Morgan fingerprint density at radius 3 is 2.70 bits per heavy atom. The summed E-state index contributed by atoms with van der Waals surface area (Å²) < 4.78 is 27.7. The van der Waals surface area contributed by atoms with E-state index in [0.717, 1.165) is 4.88 Å². The number of nitrogens with one attached hydrogen (secondary N) is 1. The van der Waals surface area contributed by atoms with Gasteiger partial charge in [0.1, 0.15) is 22.7 Å². The topological polar surface area (TPSA) is 96.7 Å². The Labute approximate surface area is 157 Å². The molecule has 0 bridgehead atoms. The first-order valence-electron chi connectivity index (χ1n) is 8.34. The monoisotopic (exact) mass is 390 g/mol. The average molecular weight is 390 g/mol. The molecule has 0 saturated heterocycles. The second-order valence-electron chi connectivity index (χ2n) is 6.43. The number of anilines is 1. The van der Waals surface area contributed by atoms with Crippen LogP contribution in [0.5, 0.6) is 0 Å². The summed E-state index contributed by atoms with van der Waals surface area (Å²) in [4.78, 5) is 13.2. The van der Waals surface area contributed by atoms with Crippen LogP contribution in [0.4, 0.5) is 14.7 Å². The maximum Gasteiger partial charge on any atom is 0.242 e. The van der Waals surface area contributed by atoms with Gasteiger partial charge in [0.05, 0.1) is 23.4 Å². The highest BCUT2D eigenvalue weighted by Crippen LogP contribution is 2.45. The molecule has 0 aromatic carbocycles. The number of hydrogen-bond acceptors (Lipinski definition) is 8. The van der Waals surface area contributed by atoms with Crippen molar-refractivity contribution in [1.29, 1.82) is 0 Å². The highest BCUT2D eigenvalue weighted by Gasteiger charge is 2.48. The van der Waals surface area contributed by atoms with Crippen LogP contribution in [0.1, 0.15) is 23.4 Å². The van der Waals surface area contributed by atoms with Gasteiger partial charge >= 0.3 is 0 Å². The number of pyridine rings is 1. The number of aromatic nitrogens is 5. The molecule has 10 heteroatoms. The third-order valence-electron chi connectivity index (χ3n) is 4.56. The van der Waals surface area contributed by atoms with Gasteiger partial charge in [0, 0.05) is 24.4 Å². The van der Waals surface area contributed by atoms with Crippen molar-refractivity contribution in [2.24, 2.45) is 0 Å². The molecule has 3 heterocycles. The molecule has 0 amide bonds. The molecule has 7 nitrogen and oxygen atoms in total. The average Bonchev–Trinajstić information content (AvgIpc) is 3.14. The number of halogens is 2. The number of rotatable bonds is 6. The van der Waals surface area contributed by atoms with Crippen molar-refractivity contribution in [1.82, 2.24) is 25.1 Å². The van der Waals surface area contributed by atoms with Crippen LogP contribution in [0.25, 0.3) is 10.7 Å². The fraction of sp³-hybridized carbons (Fsp3) is 0.353. The van der Waals surface area contributed by atoms with Crippen LogP contribution in [0.3, 0.4) is 0 Å². The zero-order chi connectivity index (χ0) is 18.9. The van der Waals surface area contributed by atoms with Gasteiger partial charge in [-0.1, -0.05) is 0 Å². The summed E-state index contributed by atoms with van der Waals surface area (Å²) in [5, 5.41) is 20.8. The molecule has 0 unspecified atom stereocenters. The summed E-state index contributed by atoms with van der Waals surface area (Å²) in [6, 6.07) is 2.84. The quantitative estimate of drug-likeness (QED) is 0.667. The molecule has 1 aliphatic carbocycles. The molecule has 3 aromatic rings. The van der Waals surface area contributed by atoms with Crippen molar-refractivity contribution in [2.75, 3.05) is 11.9 Å². The van der Waals surface area contributed by atoms with Gasteiger partial charge in [0.15, 0.2) is 0 Å². The van der Waals surface area contributed by atoms with Gasteiger partial charge in [-0.2, -0.15) is 0 Å². The van der Waals surface area contributed by atoms with Gasteiger partial charge in [-0.25, -0.2) is 18.7 Å². The first-order valence-corrected chi connectivity index (χ1v) is 9.16. The summed E-state index contributed by atoms with van der Waals surface area (Å²) in [5.74, 6) is -0.181. The molecular weight excluding hydrogens is 374 g/mol. The second-order valence-corrected chi connectivity index (χ2v) is 7.55. The normalized spacial score (nSPS) is 21.7. The summed E-state index contributed by atoms with van der Waals surface area (Å²) in [6.45, 7) is 0.175. The lowest BCUT2D eigenvalue weighted by Crippen LogP contribution is -2.49. The maximum atomic E-state index is 14.2. The molecule has 3 aromatic heterocycles. The van der Waals surface area contributed by atoms with E-state index in [1.807, 2.05) is 0 Å². The summed E-state index contributed by atoms with van der Waals surface area (Å²) in [5.41, 5.74) is 0.0245. The molecule has 140 valence electrons. The molecule has 1 fully saturated rings. The molecule has 0 atom stereocenters. The number of aliphatic hydroxyl groups excluding tert-OH is 1. The van der Waals surface area contributed by atoms with Crippen LogP contribution in [0.15, 0.2) is 30.7 Å². The Kier molecular flexibility index (Phi) is 4.75. The summed E-state index contributed by atoms with van der Waals surface area (Å²) in [7, 11) is 0. The van der Waals surface area contributed by atoms with E-state index in [2.05, 4.69) is 30.5 Å². The third kappa shape index (κ3) is 3.50. The molecule has 1 aliphatic rings. The van der Waals surface area contributed by atoms with E-state index in [4.69, 9.17) is 5.11 Å². The predicted octanol–water partition coefficient (Wildman–Crippen LogP) is 2.50. The predicted molar refractivity (Wildman–Crippen MR) is 95.4 cm³/mol. The van der Waals surface area contributed by atoms with Crippen LogP contribution in [-0.2, 0) is 12.0 Å². The minimum Gasteiger partial charge on any atom is -0.391 e. The first-order chi connectivity index (χ1) is 13.1. The Balaban J connectivity index is 1.48. The van der Waals surface area contributed by atoms with Gasteiger partial charge in [-0.05, 0) is 25.0 Å². The van der Waals surface area contributed by atoms with Crippen LogP contribution < -0.4 is 5.32 Å². The lowest BCUT2D eigenvalue weighted by molar-refractivity contribution is 0.0963. The van der Waals surface area contributed by atoms with E-state index in [1.165, 1.54) is 35.9 Å². The van der Waals surface area contributed by atoms with Crippen molar-refractivity contribution in [3.8, 4) is 10.7 Å². The second kappa shape index (κ2) is 7.20. The Morgan fingerprint density at radius 1 is 1.22 bits per heavy atom. The molecule has 2 N–H and O–H groups in total. The van der Waals surface area contributed by atoms with E-state index in [0.29, 0.717) is 10.7 Å². The van der Waals surface area contributed by atoms with Gasteiger partial charge in [0.2, 0.25) is 5.95 Å². The Morgan fingerprint density at radius 2 is 2.07 bits per heavy atom. The standard InChI is InChI=1S/C17H16F2N6OS/c18-10-4-17(5-10,14-12(19)2-1-3-20-14)9-23-16-22-7-13(24-25-16)15-21-6-11(8-26)27-15/h1-3,6-7,10,26H,4-5,8-9H2,(H,22,23,25)/t10-,17-. The Hall–Kier alpha value is -2.59. The highest BCUT2D eigenvalue weighted by atomic mass is 32.1. The lowest BCUT2D eigenvalue weighted by Gasteiger charge is -2.43. The summed E-state index contributed by atoms with van der Waals surface area (Å²) in [6.07, 6.45) is 4.02. The fourth-order valence-electron chi connectivity index (χ4n) is 3.19. The van der Waals surface area contributed by atoms with Crippen molar-refractivity contribution >= 4 is 17.3 Å². The Bertz CT molecular complexity index is 929. The summed E-state index contributed by atoms with van der Waals surface area (Å²) >= 11 is 1.31. The first kappa shape index (κ1) is 17.8. The number of aliphatic hydroxyl groups is 1. The van der Waals surface area contributed by atoms with Crippen LogP contribution in [0.2, 0.25) is 0 Å². The minimum atomic E-state index is -0.972.